The highest BCUT2D eigenvalue weighted by Gasteiger charge is 1.96. The van der Waals surface area contributed by atoms with E-state index in [1.807, 2.05) is 18.3 Å². The minimum absolute atomic E-state index is 0.959. The lowest BCUT2D eigenvalue weighted by Crippen LogP contribution is -1.89. The number of halogens is 1. The second-order valence-electron chi connectivity index (χ2n) is 2.82. The first-order chi connectivity index (χ1) is 6.40. The Morgan fingerprint density at radius 3 is 3.00 bits per heavy atom. The average molecular weight is 237 g/mol. The fourth-order valence-electron chi connectivity index (χ4n) is 1.24. The predicted molar refractivity (Wildman–Crippen MR) is 57.0 cm³/mol. The van der Waals surface area contributed by atoms with Gasteiger partial charge in [0.15, 0.2) is 0 Å². The first kappa shape index (κ1) is 8.63. The number of hydrogen-bond acceptors (Lipinski definition) is 2. The summed E-state index contributed by atoms with van der Waals surface area (Å²) >= 11 is 3.40. The van der Waals surface area contributed by atoms with Crippen molar-refractivity contribution in [2.45, 2.75) is 6.42 Å². The summed E-state index contributed by atoms with van der Waals surface area (Å²) < 4.78 is 0. The van der Waals surface area contributed by atoms with E-state index in [2.05, 4.69) is 32.0 Å². The molecule has 0 fully saturated rings. The molecule has 0 bridgehead atoms. The van der Waals surface area contributed by atoms with E-state index < -0.39 is 0 Å². The molecule has 2 nitrogen and oxygen atoms in total. The maximum atomic E-state index is 4.32. The van der Waals surface area contributed by atoms with Crippen molar-refractivity contribution in [3.63, 3.8) is 0 Å². The number of fused-ring (bicyclic) bond motifs is 1. The van der Waals surface area contributed by atoms with Crippen molar-refractivity contribution in [3.8, 4) is 0 Å². The minimum atomic E-state index is 0.959. The highest BCUT2D eigenvalue weighted by molar-refractivity contribution is 9.09. The fourth-order valence-corrected chi connectivity index (χ4v) is 1.70. The predicted octanol–water partition coefficient (Wildman–Crippen LogP) is 2.57. The topological polar surface area (TPSA) is 25.8 Å². The van der Waals surface area contributed by atoms with Crippen LogP contribution in [0.15, 0.2) is 30.6 Å². The highest BCUT2D eigenvalue weighted by Crippen LogP contribution is 2.10. The molecule has 66 valence electrons. The third-order valence-electron chi connectivity index (χ3n) is 1.89. The largest absolute Gasteiger partial charge is 0.255 e. The zero-order valence-corrected chi connectivity index (χ0v) is 8.66. The van der Waals surface area contributed by atoms with Gasteiger partial charge in [-0.15, -0.1) is 0 Å². The van der Waals surface area contributed by atoms with Gasteiger partial charge in [0.25, 0.3) is 0 Å². The van der Waals surface area contributed by atoms with E-state index in [0.717, 1.165) is 22.8 Å². The highest BCUT2D eigenvalue weighted by atomic mass is 79.9. The van der Waals surface area contributed by atoms with E-state index in [1.165, 1.54) is 5.56 Å². The number of hydrogen-bond donors (Lipinski definition) is 0. The van der Waals surface area contributed by atoms with Gasteiger partial charge in [-0.2, -0.15) is 0 Å². The van der Waals surface area contributed by atoms with Gasteiger partial charge in [-0.1, -0.05) is 15.9 Å². The van der Waals surface area contributed by atoms with Gasteiger partial charge >= 0.3 is 0 Å². The van der Waals surface area contributed by atoms with Crippen molar-refractivity contribution in [1.82, 2.24) is 9.97 Å². The molecule has 0 aliphatic carbocycles. The van der Waals surface area contributed by atoms with Crippen molar-refractivity contribution in [1.29, 1.82) is 0 Å². The van der Waals surface area contributed by atoms with Gasteiger partial charge in [-0.25, -0.2) is 0 Å². The Labute approximate surface area is 85.1 Å². The van der Waals surface area contributed by atoms with Crippen molar-refractivity contribution >= 4 is 27.0 Å². The maximum Gasteiger partial charge on any atom is 0.0889 e. The van der Waals surface area contributed by atoms with Crippen LogP contribution >= 0.6 is 15.9 Å². The molecular formula is C10H9BrN2. The summed E-state index contributed by atoms with van der Waals surface area (Å²) in [5.74, 6) is 0. The minimum Gasteiger partial charge on any atom is -0.255 e. The van der Waals surface area contributed by atoms with E-state index in [4.69, 9.17) is 0 Å². The van der Waals surface area contributed by atoms with Gasteiger partial charge in [0, 0.05) is 17.7 Å². The average Bonchev–Trinajstić information content (AvgIpc) is 2.18. The first-order valence-electron chi connectivity index (χ1n) is 4.16. The normalized spacial score (nSPS) is 10.5. The Bertz CT molecular complexity index is 414. The second-order valence-corrected chi connectivity index (χ2v) is 3.62. The lowest BCUT2D eigenvalue weighted by atomic mass is 10.2. The third-order valence-corrected chi connectivity index (χ3v) is 2.29. The lowest BCUT2D eigenvalue weighted by Gasteiger charge is -1.99. The molecule has 0 amide bonds. The molecule has 2 aromatic rings. The Kier molecular flexibility index (Phi) is 2.54. The zero-order valence-electron chi connectivity index (χ0n) is 7.07. The summed E-state index contributed by atoms with van der Waals surface area (Å²) in [5.41, 5.74) is 3.16. The molecule has 13 heavy (non-hydrogen) atoms. The van der Waals surface area contributed by atoms with Crippen LogP contribution in [0.4, 0.5) is 0 Å². The van der Waals surface area contributed by atoms with Crippen molar-refractivity contribution in [2.24, 2.45) is 0 Å². The number of nitrogens with zero attached hydrogens (tertiary/aromatic N) is 2. The van der Waals surface area contributed by atoms with Crippen LogP contribution < -0.4 is 0 Å². The molecule has 0 aliphatic heterocycles. The van der Waals surface area contributed by atoms with Crippen LogP contribution in [0.2, 0.25) is 0 Å². The summed E-state index contributed by atoms with van der Waals surface area (Å²) in [6, 6.07) is 5.96. The molecule has 0 saturated heterocycles. The molecule has 2 aromatic heterocycles. The van der Waals surface area contributed by atoms with Crippen LogP contribution in [-0.2, 0) is 6.42 Å². The van der Waals surface area contributed by atoms with Gasteiger partial charge in [0.1, 0.15) is 0 Å². The van der Waals surface area contributed by atoms with Crippen LogP contribution in [0.3, 0.4) is 0 Å². The molecular weight excluding hydrogens is 228 g/mol. The van der Waals surface area contributed by atoms with E-state index in [-0.39, 0.29) is 0 Å². The molecule has 0 spiro atoms. The van der Waals surface area contributed by atoms with Gasteiger partial charge in [0.2, 0.25) is 0 Å². The monoisotopic (exact) mass is 236 g/mol. The SMILES string of the molecule is BrCCc1cnc2cccnc2c1. The first-order valence-corrected chi connectivity index (χ1v) is 5.28. The van der Waals surface area contributed by atoms with E-state index in [9.17, 15) is 0 Å². The molecule has 3 heteroatoms. The van der Waals surface area contributed by atoms with E-state index >= 15 is 0 Å². The summed E-state index contributed by atoms with van der Waals surface area (Å²) in [7, 11) is 0. The second kappa shape index (κ2) is 3.83. The molecule has 0 aliphatic rings. The Balaban J connectivity index is 2.49. The Morgan fingerprint density at radius 1 is 1.23 bits per heavy atom. The van der Waals surface area contributed by atoms with Crippen LogP contribution in [0, 0.1) is 0 Å². The van der Waals surface area contributed by atoms with Crippen molar-refractivity contribution in [2.75, 3.05) is 5.33 Å². The summed E-state index contributed by atoms with van der Waals surface area (Å²) in [6.07, 6.45) is 4.70. The smallest absolute Gasteiger partial charge is 0.0889 e. The van der Waals surface area contributed by atoms with Gasteiger partial charge in [-0.3, -0.25) is 9.97 Å². The molecule has 0 aromatic carbocycles. The molecule has 0 radical (unpaired) electrons. The summed E-state index contributed by atoms with van der Waals surface area (Å²) in [5, 5.41) is 0.965. The number of rotatable bonds is 2. The van der Waals surface area contributed by atoms with Gasteiger partial charge < -0.3 is 0 Å². The zero-order chi connectivity index (χ0) is 9.10. The van der Waals surface area contributed by atoms with Gasteiger partial charge in [0.05, 0.1) is 11.0 Å². The van der Waals surface area contributed by atoms with Crippen LogP contribution in [0.25, 0.3) is 11.0 Å². The van der Waals surface area contributed by atoms with E-state index in [0.29, 0.717) is 0 Å². The van der Waals surface area contributed by atoms with E-state index in [1.54, 1.807) is 6.20 Å². The number of aryl methyl sites for hydroxylation is 1. The lowest BCUT2D eigenvalue weighted by molar-refractivity contribution is 1.14. The molecule has 0 N–H and O–H groups in total. The molecule has 2 rings (SSSR count). The fraction of sp³-hybridized carbons (Fsp3) is 0.200. The molecule has 0 atom stereocenters. The van der Waals surface area contributed by atoms with Gasteiger partial charge in [-0.05, 0) is 30.2 Å². The van der Waals surface area contributed by atoms with Crippen LogP contribution in [-0.4, -0.2) is 15.3 Å². The maximum absolute atomic E-state index is 4.32. The van der Waals surface area contributed by atoms with Crippen LogP contribution in [0.1, 0.15) is 5.56 Å². The Hall–Kier alpha value is -0.960. The third kappa shape index (κ3) is 1.86. The van der Waals surface area contributed by atoms with Crippen LogP contribution in [0.5, 0.6) is 0 Å². The summed E-state index contributed by atoms with van der Waals surface area (Å²) in [6.45, 7) is 0. The summed E-state index contributed by atoms with van der Waals surface area (Å²) in [4.78, 5) is 8.56. The molecule has 0 unspecified atom stereocenters. The quantitative estimate of drug-likeness (QED) is 0.750. The molecule has 0 saturated carbocycles. The Morgan fingerprint density at radius 2 is 2.15 bits per heavy atom. The van der Waals surface area contributed by atoms with Crippen molar-refractivity contribution in [3.05, 3.63) is 36.2 Å². The standard InChI is InChI=1S/C10H9BrN2/c11-4-3-8-6-10-9(13-7-8)2-1-5-12-10/h1-2,5-7H,3-4H2. The number of aromatic nitrogens is 2. The van der Waals surface area contributed by atoms with Crippen molar-refractivity contribution < 1.29 is 0 Å². The number of alkyl halides is 1. The number of pyridine rings is 2. The molecule has 2 heterocycles.